The molecule has 2 N–H and O–H groups in total. The summed E-state index contributed by atoms with van der Waals surface area (Å²) in [6, 6.07) is 6.30. The summed E-state index contributed by atoms with van der Waals surface area (Å²) in [4.78, 5) is 0. The monoisotopic (exact) mass is 203 g/mol. The number of nitrogens with two attached hydrogens (primary N) is 1. The lowest BCUT2D eigenvalue weighted by Gasteiger charge is -2.21. The van der Waals surface area contributed by atoms with Crippen molar-refractivity contribution in [2.75, 3.05) is 13.7 Å². The Morgan fingerprint density at radius 1 is 1.33 bits per heavy atom. The average Bonchev–Trinajstić information content (AvgIpc) is 2.29. The van der Waals surface area contributed by atoms with Crippen LogP contribution in [0.2, 0.25) is 0 Å². The van der Waals surface area contributed by atoms with Crippen molar-refractivity contribution in [2.45, 2.75) is 19.8 Å². The lowest BCUT2D eigenvalue weighted by atomic mass is 9.86. The molecule has 1 aliphatic rings. The van der Waals surface area contributed by atoms with Gasteiger partial charge in [0.1, 0.15) is 5.75 Å². The van der Waals surface area contributed by atoms with Gasteiger partial charge in [0.2, 0.25) is 0 Å². The second kappa shape index (κ2) is 4.07. The average molecular weight is 203 g/mol. The number of benzene rings is 1. The Balaban J connectivity index is 2.50. The highest BCUT2D eigenvalue weighted by atomic mass is 16.5. The minimum atomic E-state index is 0.669. The van der Waals surface area contributed by atoms with Crippen LogP contribution in [0.15, 0.2) is 23.8 Å². The molecule has 1 aliphatic carbocycles. The first-order valence-corrected chi connectivity index (χ1v) is 5.32. The predicted molar refractivity (Wildman–Crippen MR) is 63.0 cm³/mol. The molecule has 0 aromatic heterocycles. The van der Waals surface area contributed by atoms with Gasteiger partial charge in [0.25, 0.3) is 0 Å². The van der Waals surface area contributed by atoms with E-state index in [0.717, 1.165) is 18.6 Å². The minimum absolute atomic E-state index is 0.669. The summed E-state index contributed by atoms with van der Waals surface area (Å²) in [5.41, 5.74) is 11.1. The van der Waals surface area contributed by atoms with Crippen molar-refractivity contribution in [3.63, 3.8) is 0 Å². The molecule has 0 spiro atoms. The molecule has 0 amide bonds. The van der Waals surface area contributed by atoms with Crippen LogP contribution in [0.1, 0.15) is 24.5 Å². The Hall–Kier alpha value is -1.28. The van der Waals surface area contributed by atoms with Gasteiger partial charge >= 0.3 is 0 Å². The maximum Gasteiger partial charge on any atom is 0.119 e. The van der Waals surface area contributed by atoms with Gasteiger partial charge < -0.3 is 10.5 Å². The number of hydrogen-bond donors (Lipinski definition) is 1. The van der Waals surface area contributed by atoms with Crippen LogP contribution in [-0.2, 0) is 6.42 Å². The van der Waals surface area contributed by atoms with Crippen LogP contribution in [-0.4, -0.2) is 13.7 Å². The largest absolute Gasteiger partial charge is 0.497 e. The van der Waals surface area contributed by atoms with Crippen LogP contribution < -0.4 is 10.5 Å². The smallest absolute Gasteiger partial charge is 0.119 e. The first-order valence-electron chi connectivity index (χ1n) is 5.32. The van der Waals surface area contributed by atoms with Crippen molar-refractivity contribution < 1.29 is 4.74 Å². The fourth-order valence-corrected chi connectivity index (χ4v) is 2.17. The molecular weight excluding hydrogens is 186 g/mol. The van der Waals surface area contributed by atoms with Gasteiger partial charge in [-0.15, -0.1) is 0 Å². The van der Waals surface area contributed by atoms with Crippen LogP contribution in [0.5, 0.6) is 5.75 Å². The Labute approximate surface area is 90.7 Å². The van der Waals surface area contributed by atoms with Crippen molar-refractivity contribution >= 4 is 5.57 Å². The predicted octanol–water partition coefficient (Wildman–Crippen LogP) is 2.37. The van der Waals surface area contributed by atoms with Crippen LogP contribution in [0.25, 0.3) is 5.57 Å². The highest BCUT2D eigenvalue weighted by Crippen LogP contribution is 2.32. The number of rotatable bonds is 2. The zero-order valence-corrected chi connectivity index (χ0v) is 9.34. The van der Waals surface area contributed by atoms with Crippen LogP contribution in [0.4, 0.5) is 0 Å². The topological polar surface area (TPSA) is 35.2 Å². The van der Waals surface area contributed by atoms with E-state index in [1.165, 1.54) is 22.3 Å². The van der Waals surface area contributed by atoms with Gasteiger partial charge in [-0.25, -0.2) is 0 Å². The lowest BCUT2D eigenvalue weighted by molar-refractivity contribution is 0.414. The van der Waals surface area contributed by atoms with Gasteiger partial charge in [-0.3, -0.25) is 0 Å². The molecule has 1 aromatic carbocycles. The van der Waals surface area contributed by atoms with Crippen molar-refractivity contribution in [3.05, 3.63) is 34.9 Å². The number of fused-ring (bicyclic) bond motifs is 1. The number of hydrogen-bond acceptors (Lipinski definition) is 2. The van der Waals surface area contributed by atoms with Crippen molar-refractivity contribution in [1.82, 2.24) is 0 Å². The second-order valence-corrected chi connectivity index (χ2v) is 3.96. The summed E-state index contributed by atoms with van der Waals surface area (Å²) in [6.07, 6.45) is 2.20. The third-order valence-electron chi connectivity index (χ3n) is 3.19. The van der Waals surface area contributed by atoms with E-state index >= 15 is 0 Å². The van der Waals surface area contributed by atoms with E-state index in [-0.39, 0.29) is 0 Å². The Bertz CT molecular complexity index is 407. The Morgan fingerprint density at radius 3 is 2.80 bits per heavy atom. The molecule has 0 saturated heterocycles. The van der Waals surface area contributed by atoms with E-state index in [9.17, 15) is 0 Å². The molecule has 0 bridgehead atoms. The summed E-state index contributed by atoms with van der Waals surface area (Å²) in [5.74, 6) is 0.923. The quantitative estimate of drug-likeness (QED) is 0.801. The van der Waals surface area contributed by atoms with Crippen molar-refractivity contribution in [2.24, 2.45) is 5.73 Å². The van der Waals surface area contributed by atoms with Crippen LogP contribution in [0.3, 0.4) is 0 Å². The van der Waals surface area contributed by atoms with Crippen LogP contribution >= 0.6 is 0 Å². The maximum absolute atomic E-state index is 5.73. The van der Waals surface area contributed by atoms with Gasteiger partial charge in [-0.1, -0.05) is 11.6 Å². The molecule has 2 heteroatoms. The first kappa shape index (κ1) is 10.2. The molecule has 2 nitrogen and oxygen atoms in total. The van der Waals surface area contributed by atoms with Gasteiger partial charge in [0, 0.05) is 6.54 Å². The van der Waals surface area contributed by atoms with E-state index < -0.39 is 0 Å². The molecule has 2 rings (SSSR count). The van der Waals surface area contributed by atoms with Crippen molar-refractivity contribution in [3.8, 4) is 5.75 Å². The molecule has 0 radical (unpaired) electrons. The highest BCUT2D eigenvalue weighted by Gasteiger charge is 2.15. The third kappa shape index (κ3) is 1.77. The van der Waals surface area contributed by atoms with Gasteiger partial charge in [-0.05, 0) is 48.6 Å². The third-order valence-corrected chi connectivity index (χ3v) is 3.19. The fourth-order valence-electron chi connectivity index (χ4n) is 2.17. The zero-order valence-electron chi connectivity index (χ0n) is 9.34. The van der Waals surface area contributed by atoms with E-state index in [4.69, 9.17) is 10.5 Å². The van der Waals surface area contributed by atoms with Crippen LogP contribution in [0, 0.1) is 0 Å². The molecule has 0 atom stereocenters. The van der Waals surface area contributed by atoms with Gasteiger partial charge in [0.15, 0.2) is 0 Å². The molecule has 1 aromatic rings. The molecule has 0 saturated carbocycles. The maximum atomic E-state index is 5.73. The molecular formula is C13H17NO. The van der Waals surface area contributed by atoms with Crippen molar-refractivity contribution in [1.29, 1.82) is 0 Å². The SMILES string of the molecule is COc1ccc2c(c1)C(C)=C(CN)CC2. The molecule has 0 fully saturated rings. The van der Waals surface area contributed by atoms with Gasteiger partial charge in [-0.2, -0.15) is 0 Å². The summed E-state index contributed by atoms with van der Waals surface area (Å²) >= 11 is 0. The molecule has 80 valence electrons. The van der Waals surface area contributed by atoms with E-state index in [2.05, 4.69) is 19.1 Å². The Kier molecular flexibility index (Phi) is 2.78. The summed E-state index contributed by atoms with van der Waals surface area (Å²) in [7, 11) is 1.70. The first-order chi connectivity index (χ1) is 7.26. The van der Waals surface area contributed by atoms with E-state index in [1.54, 1.807) is 7.11 Å². The number of ether oxygens (including phenoxy) is 1. The highest BCUT2D eigenvalue weighted by molar-refractivity contribution is 5.72. The molecule has 15 heavy (non-hydrogen) atoms. The lowest BCUT2D eigenvalue weighted by Crippen LogP contribution is -2.11. The molecule has 0 aliphatic heterocycles. The molecule has 0 unspecified atom stereocenters. The summed E-state index contributed by atoms with van der Waals surface area (Å²) < 4.78 is 5.24. The number of aryl methyl sites for hydroxylation is 1. The fraction of sp³-hybridized carbons (Fsp3) is 0.385. The van der Waals surface area contributed by atoms with E-state index in [1.807, 2.05) is 6.07 Å². The van der Waals surface area contributed by atoms with Gasteiger partial charge in [0.05, 0.1) is 7.11 Å². The second-order valence-electron chi connectivity index (χ2n) is 3.96. The summed E-state index contributed by atoms with van der Waals surface area (Å²) in [5, 5.41) is 0. The standard InChI is InChI=1S/C13H17NO/c1-9-11(8-14)4-3-10-5-6-12(15-2)7-13(9)10/h5-7H,3-4,8,14H2,1-2H3. The Morgan fingerprint density at radius 2 is 2.13 bits per heavy atom. The normalized spacial score (nSPS) is 15.1. The van der Waals surface area contributed by atoms with E-state index in [0.29, 0.717) is 6.54 Å². The summed E-state index contributed by atoms with van der Waals surface area (Å²) in [6.45, 7) is 2.82. The zero-order chi connectivity index (χ0) is 10.8. The minimum Gasteiger partial charge on any atom is -0.497 e. The number of methoxy groups -OCH3 is 1. The number of allylic oxidation sites excluding steroid dienone is 1. The molecule has 0 heterocycles.